The Balaban J connectivity index is 1.58. The molecule has 2 aliphatic heterocycles. The van der Waals surface area contributed by atoms with Crippen molar-refractivity contribution in [2.24, 2.45) is 11.8 Å². The zero-order valence-electron chi connectivity index (χ0n) is 12.7. The molecule has 0 amide bonds. The largest absolute Gasteiger partial charge is 0.396 e. The molecule has 3 rings (SSSR count). The molecule has 0 spiro atoms. The molecule has 21 heavy (non-hydrogen) atoms. The highest BCUT2D eigenvalue weighted by Crippen LogP contribution is 2.22. The number of hydrogen-bond acceptors (Lipinski definition) is 5. The van der Waals surface area contributed by atoms with Crippen molar-refractivity contribution in [1.29, 1.82) is 0 Å². The zero-order chi connectivity index (χ0) is 14.5. The molecule has 5 nitrogen and oxygen atoms in total. The molecule has 2 aliphatic rings. The van der Waals surface area contributed by atoms with Crippen LogP contribution in [0.1, 0.15) is 31.4 Å². The molecule has 0 bridgehead atoms. The van der Waals surface area contributed by atoms with Gasteiger partial charge in [-0.15, -0.1) is 5.10 Å². The van der Waals surface area contributed by atoms with Crippen molar-refractivity contribution in [1.82, 2.24) is 15.5 Å². The quantitative estimate of drug-likeness (QED) is 0.873. The van der Waals surface area contributed by atoms with Gasteiger partial charge in [0.25, 0.3) is 0 Å². The highest BCUT2D eigenvalue weighted by Gasteiger charge is 2.21. The summed E-state index contributed by atoms with van der Waals surface area (Å²) >= 11 is 0. The highest BCUT2D eigenvalue weighted by atomic mass is 16.3. The molecule has 1 atom stereocenters. The van der Waals surface area contributed by atoms with Gasteiger partial charge in [-0.3, -0.25) is 0 Å². The van der Waals surface area contributed by atoms with Gasteiger partial charge in [0.05, 0.1) is 5.69 Å². The molecule has 5 heteroatoms. The maximum Gasteiger partial charge on any atom is 0.151 e. The van der Waals surface area contributed by atoms with Gasteiger partial charge in [0, 0.05) is 19.7 Å². The van der Waals surface area contributed by atoms with Gasteiger partial charge in [-0.05, 0) is 69.2 Å². The molecule has 1 aromatic rings. The van der Waals surface area contributed by atoms with E-state index in [2.05, 4.69) is 32.5 Å². The van der Waals surface area contributed by atoms with E-state index in [1.54, 1.807) is 0 Å². The van der Waals surface area contributed by atoms with Crippen LogP contribution in [0.5, 0.6) is 0 Å². The number of rotatable bonds is 4. The molecule has 0 radical (unpaired) electrons. The minimum absolute atomic E-state index is 0.276. The van der Waals surface area contributed by atoms with E-state index < -0.39 is 0 Å². The van der Waals surface area contributed by atoms with E-state index in [0.717, 1.165) is 62.9 Å². The predicted molar refractivity (Wildman–Crippen MR) is 83.4 cm³/mol. The summed E-state index contributed by atoms with van der Waals surface area (Å²) in [6.45, 7) is 4.47. The van der Waals surface area contributed by atoms with Crippen LogP contribution < -0.4 is 10.2 Å². The Morgan fingerprint density at radius 2 is 2.00 bits per heavy atom. The Labute approximate surface area is 126 Å². The summed E-state index contributed by atoms with van der Waals surface area (Å²) in [5, 5.41) is 21.6. The second kappa shape index (κ2) is 7.18. The number of nitrogens with one attached hydrogen (secondary N) is 1. The summed E-state index contributed by atoms with van der Waals surface area (Å²) in [6.07, 6.45) is 5.79. The van der Waals surface area contributed by atoms with Crippen LogP contribution in [0.2, 0.25) is 0 Å². The Bertz CT molecular complexity index is 430. The standard InChI is InChI=1S/C16H26N4O/c21-12-14-2-1-9-20(11-14)16-4-3-15(18-19-16)10-13-5-7-17-8-6-13/h3-4,13-14,17,21H,1-2,5-12H2. The van der Waals surface area contributed by atoms with Crippen LogP contribution in [0.15, 0.2) is 12.1 Å². The Hall–Kier alpha value is -1.20. The molecule has 2 saturated heterocycles. The Kier molecular flexibility index (Phi) is 5.04. The maximum absolute atomic E-state index is 9.31. The van der Waals surface area contributed by atoms with Gasteiger partial charge >= 0.3 is 0 Å². The van der Waals surface area contributed by atoms with Crippen LogP contribution in [0.25, 0.3) is 0 Å². The first-order chi connectivity index (χ1) is 10.3. The molecule has 1 aromatic heterocycles. The lowest BCUT2D eigenvalue weighted by atomic mass is 9.93. The summed E-state index contributed by atoms with van der Waals surface area (Å²) < 4.78 is 0. The fourth-order valence-corrected chi connectivity index (χ4v) is 3.43. The van der Waals surface area contributed by atoms with Crippen LogP contribution in [0, 0.1) is 11.8 Å². The molecular formula is C16H26N4O. The topological polar surface area (TPSA) is 61.3 Å². The van der Waals surface area contributed by atoms with Gasteiger partial charge < -0.3 is 15.3 Å². The molecule has 0 aromatic carbocycles. The first kappa shape index (κ1) is 14.7. The van der Waals surface area contributed by atoms with Gasteiger partial charge in [-0.25, -0.2) is 0 Å². The van der Waals surface area contributed by atoms with E-state index in [1.165, 1.54) is 12.8 Å². The summed E-state index contributed by atoms with van der Waals surface area (Å²) in [4.78, 5) is 2.26. The smallest absolute Gasteiger partial charge is 0.151 e. The van der Waals surface area contributed by atoms with Crippen molar-refractivity contribution < 1.29 is 5.11 Å². The predicted octanol–water partition coefficient (Wildman–Crippen LogP) is 1.23. The molecule has 116 valence electrons. The second-order valence-electron chi connectivity index (χ2n) is 6.42. The third-order valence-electron chi connectivity index (χ3n) is 4.76. The molecular weight excluding hydrogens is 264 g/mol. The number of hydrogen-bond donors (Lipinski definition) is 2. The van der Waals surface area contributed by atoms with Crippen molar-refractivity contribution >= 4 is 5.82 Å². The van der Waals surface area contributed by atoms with Crippen LogP contribution in [-0.4, -0.2) is 48.1 Å². The Morgan fingerprint density at radius 1 is 1.14 bits per heavy atom. The van der Waals surface area contributed by atoms with Crippen molar-refractivity contribution in [3.63, 3.8) is 0 Å². The third-order valence-corrected chi connectivity index (χ3v) is 4.76. The maximum atomic E-state index is 9.31. The lowest BCUT2D eigenvalue weighted by Gasteiger charge is -2.32. The van der Waals surface area contributed by atoms with Gasteiger partial charge in [0.15, 0.2) is 5.82 Å². The summed E-state index contributed by atoms with van der Waals surface area (Å²) in [7, 11) is 0. The molecule has 2 N–H and O–H groups in total. The molecule has 0 saturated carbocycles. The number of nitrogens with zero attached hydrogens (tertiary/aromatic N) is 3. The van der Waals surface area contributed by atoms with Crippen molar-refractivity contribution in [3.8, 4) is 0 Å². The fraction of sp³-hybridized carbons (Fsp3) is 0.750. The first-order valence-corrected chi connectivity index (χ1v) is 8.24. The first-order valence-electron chi connectivity index (χ1n) is 8.24. The normalized spacial score (nSPS) is 24.2. The minimum atomic E-state index is 0.276. The van der Waals surface area contributed by atoms with Gasteiger partial charge in [-0.1, -0.05) is 0 Å². The van der Waals surface area contributed by atoms with E-state index in [-0.39, 0.29) is 6.61 Å². The number of anilines is 1. The molecule has 3 heterocycles. The van der Waals surface area contributed by atoms with Crippen molar-refractivity contribution in [3.05, 3.63) is 17.8 Å². The van der Waals surface area contributed by atoms with Crippen LogP contribution in [0.3, 0.4) is 0 Å². The number of aromatic nitrogens is 2. The van der Waals surface area contributed by atoms with Gasteiger partial charge in [-0.2, -0.15) is 5.10 Å². The van der Waals surface area contributed by atoms with Crippen LogP contribution >= 0.6 is 0 Å². The minimum Gasteiger partial charge on any atom is -0.396 e. The SMILES string of the molecule is OCC1CCCN(c2ccc(CC3CCNCC3)nn2)C1. The van der Waals surface area contributed by atoms with E-state index >= 15 is 0 Å². The summed E-state index contributed by atoms with van der Waals surface area (Å²) in [5.74, 6) is 2.09. The number of aliphatic hydroxyl groups is 1. The summed E-state index contributed by atoms with van der Waals surface area (Å²) in [6, 6.07) is 4.23. The zero-order valence-corrected chi connectivity index (χ0v) is 12.7. The van der Waals surface area contributed by atoms with Crippen molar-refractivity contribution in [2.45, 2.75) is 32.1 Å². The second-order valence-corrected chi connectivity index (χ2v) is 6.42. The average molecular weight is 290 g/mol. The van der Waals surface area contributed by atoms with Gasteiger partial charge in [0.2, 0.25) is 0 Å². The third kappa shape index (κ3) is 3.92. The van der Waals surface area contributed by atoms with E-state index in [9.17, 15) is 5.11 Å². The lowest BCUT2D eigenvalue weighted by molar-refractivity contribution is 0.208. The van der Waals surface area contributed by atoms with Gasteiger partial charge in [0.1, 0.15) is 0 Å². The average Bonchev–Trinajstić information content (AvgIpc) is 2.56. The monoisotopic (exact) mass is 290 g/mol. The number of piperidine rings is 2. The van der Waals surface area contributed by atoms with Crippen molar-refractivity contribution in [2.75, 3.05) is 37.7 Å². The summed E-state index contributed by atoms with van der Waals surface area (Å²) in [5.41, 5.74) is 1.11. The van der Waals surface area contributed by atoms with E-state index in [0.29, 0.717) is 5.92 Å². The van der Waals surface area contributed by atoms with E-state index in [1.807, 2.05) is 0 Å². The molecule has 2 fully saturated rings. The van der Waals surface area contributed by atoms with Crippen LogP contribution in [0.4, 0.5) is 5.82 Å². The van der Waals surface area contributed by atoms with Crippen LogP contribution in [-0.2, 0) is 6.42 Å². The lowest BCUT2D eigenvalue weighted by Crippen LogP contribution is -2.37. The van der Waals surface area contributed by atoms with E-state index in [4.69, 9.17) is 0 Å². The fourth-order valence-electron chi connectivity index (χ4n) is 3.43. The molecule has 1 unspecified atom stereocenters. The number of aliphatic hydroxyl groups excluding tert-OH is 1. The Morgan fingerprint density at radius 3 is 2.71 bits per heavy atom. The highest BCUT2D eigenvalue weighted by molar-refractivity contribution is 5.38. The molecule has 0 aliphatic carbocycles.